The van der Waals surface area contributed by atoms with E-state index in [0.29, 0.717) is 11.7 Å². The maximum Gasteiger partial charge on any atom is 0.226 e. The summed E-state index contributed by atoms with van der Waals surface area (Å²) in [5.74, 6) is 2.37. The minimum absolute atomic E-state index is 0. The van der Waals surface area contributed by atoms with E-state index in [1.807, 2.05) is 35.8 Å². The van der Waals surface area contributed by atoms with Gasteiger partial charge in [0.2, 0.25) is 5.91 Å². The lowest BCUT2D eigenvalue weighted by Gasteiger charge is -2.26. The Hall–Kier alpha value is -0.960. The van der Waals surface area contributed by atoms with Crippen LogP contribution >= 0.6 is 35.7 Å². The maximum atomic E-state index is 12.0. The number of hydrogen-bond acceptors (Lipinski definition) is 3. The number of amides is 1. The van der Waals surface area contributed by atoms with Gasteiger partial charge in [0, 0.05) is 44.0 Å². The summed E-state index contributed by atoms with van der Waals surface area (Å²) >= 11 is 2.05. The number of thioether (sulfide) groups is 1. The smallest absolute Gasteiger partial charge is 0.226 e. The summed E-state index contributed by atoms with van der Waals surface area (Å²) in [4.78, 5) is 18.2. The van der Waals surface area contributed by atoms with Crippen LogP contribution in [0.5, 0.6) is 0 Å². The van der Waals surface area contributed by atoms with Gasteiger partial charge in [-0.2, -0.15) is 11.8 Å². The standard InChI is InChI=1S/C19H28N4OS.HI/c1-20-19(22-14-17-5-4-12-25-17)21-13-15-7-9-16(10-8-15)23-11-3-2-6-18(23)24;/h7-10,17H,2-6,11-14H2,1H3,(H2,20,21,22);1H. The zero-order chi connectivity index (χ0) is 17.5. The molecule has 2 N–H and O–H groups in total. The largest absolute Gasteiger partial charge is 0.355 e. The van der Waals surface area contributed by atoms with E-state index in [0.717, 1.165) is 44.1 Å². The molecule has 1 aromatic carbocycles. The second-order valence-corrected chi connectivity index (χ2v) is 8.02. The van der Waals surface area contributed by atoms with E-state index in [1.54, 1.807) is 0 Å². The first kappa shape index (κ1) is 21.3. The average molecular weight is 488 g/mol. The number of benzene rings is 1. The first-order valence-electron chi connectivity index (χ1n) is 9.21. The minimum atomic E-state index is 0. The molecule has 2 aliphatic heterocycles. The lowest BCUT2D eigenvalue weighted by Crippen LogP contribution is -2.39. The quantitative estimate of drug-likeness (QED) is 0.379. The third-order valence-electron chi connectivity index (χ3n) is 4.78. The molecule has 1 unspecified atom stereocenters. The molecule has 1 amide bonds. The van der Waals surface area contributed by atoms with Gasteiger partial charge in [-0.25, -0.2) is 0 Å². The highest BCUT2D eigenvalue weighted by Crippen LogP contribution is 2.25. The molecule has 7 heteroatoms. The number of rotatable bonds is 5. The molecule has 2 aliphatic rings. The van der Waals surface area contributed by atoms with E-state index >= 15 is 0 Å². The summed E-state index contributed by atoms with van der Waals surface area (Å²) in [6.45, 7) is 2.54. The van der Waals surface area contributed by atoms with Gasteiger partial charge in [-0.05, 0) is 49.1 Å². The second kappa shape index (κ2) is 11.0. The lowest BCUT2D eigenvalue weighted by molar-refractivity contribution is -0.119. The van der Waals surface area contributed by atoms with Crippen molar-refractivity contribution in [1.29, 1.82) is 0 Å². The Morgan fingerprint density at radius 3 is 2.69 bits per heavy atom. The molecule has 2 fully saturated rings. The molecular formula is C19H29IN4OS. The van der Waals surface area contributed by atoms with Gasteiger partial charge in [0.25, 0.3) is 0 Å². The van der Waals surface area contributed by atoms with Crippen LogP contribution in [0.1, 0.15) is 37.7 Å². The predicted octanol–water partition coefficient (Wildman–Crippen LogP) is 3.38. The van der Waals surface area contributed by atoms with E-state index in [2.05, 4.69) is 27.8 Å². The van der Waals surface area contributed by atoms with Crippen LogP contribution in [-0.2, 0) is 11.3 Å². The molecule has 2 saturated heterocycles. The van der Waals surface area contributed by atoms with Crippen LogP contribution in [0.2, 0.25) is 0 Å². The molecule has 0 saturated carbocycles. The lowest BCUT2D eigenvalue weighted by atomic mass is 10.1. The van der Waals surface area contributed by atoms with Crippen LogP contribution in [0.3, 0.4) is 0 Å². The third-order valence-corrected chi connectivity index (χ3v) is 6.17. The van der Waals surface area contributed by atoms with Crippen molar-refractivity contribution in [2.75, 3.05) is 30.8 Å². The number of nitrogens with one attached hydrogen (secondary N) is 2. The molecule has 1 aromatic rings. The highest BCUT2D eigenvalue weighted by atomic mass is 127. The Kier molecular flexibility index (Phi) is 9.04. The Morgan fingerprint density at radius 1 is 1.23 bits per heavy atom. The Bertz CT molecular complexity index is 602. The normalized spacial score (nSPS) is 20.7. The van der Waals surface area contributed by atoms with Crippen molar-refractivity contribution in [3.63, 3.8) is 0 Å². The van der Waals surface area contributed by atoms with Gasteiger partial charge in [-0.15, -0.1) is 24.0 Å². The summed E-state index contributed by atoms with van der Waals surface area (Å²) in [5, 5.41) is 7.49. The van der Waals surface area contributed by atoms with Crippen molar-refractivity contribution >= 4 is 53.3 Å². The van der Waals surface area contributed by atoms with Crippen LogP contribution in [-0.4, -0.2) is 43.0 Å². The fourth-order valence-electron chi connectivity index (χ4n) is 3.29. The molecule has 26 heavy (non-hydrogen) atoms. The summed E-state index contributed by atoms with van der Waals surface area (Å²) in [6.07, 6.45) is 5.41. The van der Waals surface area contributed by atoms with Crippen molar-refractivity contribution in [3.8, 4) is 0 Å². The fraction of sp³-hybridized carbons (Fsp3) is 0.579. The van der Waals surface area contributed by atoms with Crippen molar-refractivity contribution in [2.24, 2.45) is 4.99 Å². The summed E-state index contributed by atoms with van der Waals surface area (Å²) in [5.41, 5.74) is 2.20. The fourth-order valence-corrected chi connectivity index (χ4v) is 4.50. The first-order valence-corrected chi connectivity index (χ1v) is 10.3. The highest BCUT2D eigenvalue weighted by molar-refractivity contribution is 14.0. The predicted molar refractivity (Wildman–Crippen MR) is 122 cm³/mol. The van der Waals surface area contributed by atoms with Gasteiger partial charge in [0.15, 0.2) is 5.96 Å². The number of halogens is 1. The summed E-state index contributed by atoms with van der Waals surface area (Å²) < 4.78 is 0. The van der Waals surface area contributed by atoms with Crippen molar-refractivity contribution in [3.05, 3.63) is 29.8 Å². The van der Waals surface area contributed by atoms with Crippen LogP contribution in [0, 0.1) is 0 Å². The molecule has 0 radical (unpaired) electrons. The van der Waals surface area contributed by atoms with Gasteiger partial charge in [-0.1, -0.05) is 12.1 Å². The van der Waals surface area contributed by atoms with Crippen LogP contribution in [0.4, 0.5) is 5.69 Å². The molecular weight excluding hydrogens is 459 g/mol. The number of anilines is 1. The Labute approximate surface area is 177 Å². The zero-order valence-corrected chi connectivity index (χ0v) is 18.5. The molecule has 1 atom stereocenters. The van der Waals surface area contributed by atoms with Gasteiger partial charge >= 0.3 is 0 Å². The maximum absolute atomic E-state index is 12.0. The number of carbonyl (C=O) groups excluding carboxylic acids is 1. The van der Waals surface area contributed by atoms with E-state index in [1.165, 1.54) is 24.2 Å². The number of piperidine rings is 1. The van der Waals surface area contributed by atoms with E-state index in [-0.39, 0.29) is 29.9 Å². The van der Waals surface area contributed by atoms with E-state index in [9.17, 15) is 4.79 Å². The zero-order valence-electron chi connectivity index (χ0n) is 15.4. The Morgan fingerprint density at radius 2 is 2.04 bits per heavy atom. The topological polar surface area (TPSA) is 56.7 Å². The molecule has 0 spiro atoms. The molecule has 5 nitrogen and oxygen atoms in total. The molecule has 2 heterocycles. The average Bonchev–Trinajstić information content (AvgIpc) is 3.16. The third kappa shape index (κ3) is 6.04. The molecule has 144 valence electrons. The second-order valence-electron chi connectivity index (χ2n) is 6.61. The summed E-state index contributed by atoms with van der Waals surface area (Å²) in [6, 6.07) is 8.27. The van der Waals surface area contributed by atoms with Crippen LogP contribution < -0.4 is 15.5 Å². The molecule has 0 aliphatic carbocycles. The van der Waals surface area contributed by atoms with Gasteiger partial charge in [0.1, 0.15) is 0 Å². The summed E-state index contributed by atoms with van der Waals surface area (Å²) in [7, 11) is 1.81. The number of carbonyl (C=O) groups is 1. The monoisotopic (exact) mass is 488 g/mol. The number of aliphatic imine (C=N–C) groups is 1. The molecule has 0 bridgehead atoms. The van der Waals surface area contributed by atoms with Crippen LogP contribution in [0.15, 0.2) is 29.3 Å². The van der Waals surface area contributed by atoms with Crippen LogP contribution in [0.25, 0.3) is 0 Å². The Balaban J connectivity index is 0.00000243. The number of guanidine groups is 1. The van der Waals surface area contributed by atoms with E-state index in [4.69, 9.17) is 0 Å². The van der Waals surface area contributed by atoms with Gasteiger partial charge in [-0.3, -0.25) is 9.79 Å². The van der Waals surface area contributed by atoms with Crippen molar-refractivity contribution < 1.29 is 4.79 Å². The van der Waals surface area contributed by atoms with E-state index < -0.39 is 0 Å². The SMILES string of the molecule is CN=C(NCc1ccc(N2CCCCC2=O)cc1)NCC1CCCS1.I. The highest BCUT2D eigenvalue weighted by Gasteiger charge is 2.19. The van der Waals surface area contributed by atoms with Crippen molar-refractivity contribution in [2.45, 2.75) is 43.9 Å². The molecule has 3 rings (SSSR count). The number of hydrogen-bond donors (Lipinski definition) is 2. The van der Waals surface area contributed by atoms with Crippen molar-refractivity contribution in [1.82, 2.24) is 10.6 Å². The molecule has 0 aromatic heterocycles. The van der Waals surface area contributed by atoms with Gasteiger partial charge in [0.05, 0.1) is 0 Å². The number of nitrogens with zero attached hydrogens (tertiary/aromatic N) is 2. The first-order chi connectivity index (χ1) is 12.3. The minimum Gasteiger partial charge on any atom is -0.355 e. The van der Waals surface area contributed by atoms with Gasteiger partial charge < -0.3 is 15.5 Å².